The number of anilines is 1. The van der Waals surface area contributed by atoms with Gasteiger partial charge in [0.25, 0.3) is 10.0 Å². The number of fused-ring (bicyclic) bond motifs is 1. The molecule has 158 valence electrons. The number of halogens is 1. The second-order valence-electron chi connectivity index (χ2n) is 7.27. The molecule has 0 bridgehead atoms. The molecule has 9 heteroatoms. The van der Waals surface area contributed by atoms with Crippen LogP contribution < -0.4 is 10.2 Å². The van der Waals surface area contributed by atoms with Gasteiger partial charge in [0.15, 0.2) is 11.6 Å². The number of benzene rings is 2. The summed E-state index contributed by atoms with van der Waals surface area (Å²) in [4.78, 5) is 11.2. The first-order valence-corrected chi connectivity index (χ1v) is 11.4. The summed E-state index contributed by atoms with van der Waals surface area (Å²) in [5.41, 5.74) is 1.56. The second kappa shape index (κ2) is 7.75. The molecule has 0 atom stereocenters. The van der Waals surface area contributed by atoms with E-state index in [-0.39, 0.29) is 10.7 Å². The Labute approximate surface area is 179 Å². The van der Waals surface area contributed by atoms with Gasteiger partial charge in [-0.2, -0.15) is 0 Å². The molecule has 1 fully saturated rings. The van der Waals surface area contributed by atoms with E-state index in [4.69, 9.17) is 4.98 Å². The third-order valence-electron chi connectivity index (χ3n) is 5.30. The molecule has 5 rings (SSSR count). The highest BCUT2D eigenvalue weighted by atomic mass is 32.2. The van der Waals surface area contributed by atoms with Gasteiger partial charge in [0.2, 0.25) is 0 Å². The number of rotatable bonds is 4. The molecule has 7 nitrogen and oxygen atoms in total. The molecule has 0 spiro atoms. The minimum Gasteiger partial charge on any atom is -0.352 e. The first-order chi connectivity index (χ1) is 15.1. The molecule has 1 N–H and O–H groups in total. The molecule has 0 unspecified atom stereocenters. The fourth-order valence-electron chi connectivity index (χ4n) is 3.82. The van der Waals surface area contributed by atoms with E-state index in [0.717, 1.165) is 32.2 Å². The monoisotopic (exact) mass is 437 g/mol. The number of imidazole rings is 1. The Hall–Kier alpha value is -3.30. The molecule has 31 heavy (non-hydrogen) atoms. The Kier molecular flexibility index (Phi) is 4.91. The lowest BCUT2D eigenvalue weighted by Gasteiger charge is -2.28. The summed E-state index contributed by atoms with van der Waals surface area (Å²) in [6, 6.07) is 15.8. The number of aromatic nitrogens is 3. The highest BCUT2D eigenvalue weighted by Gasteiger charge is 2.28. The number of hydrogen-bond donors (Lipinski definition) is 1. The Morgan fingerprint density at radius 1 is 0.968 bits per heavy atom. The number of nitrogens with zero attached hydrogens (tertiary/aromatic N) is 4. The van der Waals surface area contributed by atoms with E-state index in [0.29, 0.717) is 22.4 Å². The van der Waals surface area contributed by atoms with Crippen molar-refractivity contribution in [1.29, 1.82) is 0 Å². The van der Waals surface area contributed by atoms with Crippen LogP contribution in [0.1, 0.15) is 0 Å². The maximum absolute atomic E-state index is 13.9. The van der Waals surface area contributed by atoms with Gasteiger partial charge in [-0.05, 0) is 24.3 Å². The summed E-state index contributed by atoms with van der Waals surface area (Å²) < 4.78 is 42.4. The molecule has 0 amide bonds. The summed E-state index contributed by atoms with van der Waals surface area (Å²) in [6.07, 6.45) is 1.59. The van der Waals surface area contributed by atoms with Crippen molar-refractivity contribution < 1.29 is 12.8 Å². The van der Waals surface area contributed by atoms with Crippen molar-refractivity contribution in [3.63, 3.8) is 0 Å². The molecule has 2 aromatic carbocycles. The minimum absolute atomic E-state index is 0.135. The van der Waals surface area contributed by atoms with Crippen LogP contribution in [0.3, 0.4) is 0 Å². The van der Waals surface area contributed by atoms with Gasteiger partial charge >= 0.3 is 0 Å². The van der Waals surface area contributed by atoms with Gasteiger partial charge in [-0.1, -0.05) is 36.4 Å². The molecular formula is C22H20FN5O2S. The van der Waals surface area contributed by atoms with Gasteiger partial charge in [-0.15, -0.1) is 0 Å². The van der Waals surface area contributed by atoms with Crippen LogP contribution in [-0.4, -0.2) is 48.5 Å². The van der Waals surface area contributed by atoms with Crippen LogP contribution in [0.15, 0.2) is 71.8 Å². The average molecular weight is 438 g/mol. The van der Waals surface area contributed by atoms with Crippen molar-refractivity contribution in [2.24, 2.45) is 0 Å². The SMILES string of the molecule is O=S(=O)(c1cccc(F)c1)n1c(-c2ccccc2)nc2c(N3CCNCC3)nccc21. The van der Waals surface area contributed by atoms with Gasteiger partial charge < -0.3 is 10.2 Å². The van der Waals surface area contributed by atoms with Crippen molar-refractivity contribution in [3.8, 4) is 11.4 Å². The summed E-state index contributed by atoms with van der Waals surface area (Å²) in [6.45, 7) is 3.12. The Balaban J connectivity index is 1.80. The smallest absolute Gasteiger partial charge is 0.270 e. The first kappa shape index (κ1) is 19.7. The lowest BCUT2D eigenvalue weighted by Crippen LogP contribution is -2.44. The standard InChI is InChI=1S/C22H20FN5O2S/c23-17-7-4-8-18(15-17)31(29,30)28-19-9-10-25-22(27-13-11-24-12-14-27)20(19)26-21(28)16-5-2-1-3-6-16/h1-10,15,24H,11-14H2. The maximum atomic E-state index is 13.9. The maximum Gasteiger partial charge on any atom is 0.270 e. The third-order valence-corrected chi connectivity index (χ3v) is 7.00. The molecule has 4 aromatic rings. The fraction of sp³-hybridized carbons (Fsp3) is 0.182. The topological polar surface area (TPSA) is 80.1 Å². The number of hydrogen-bond acceptors (Lipinski definition) is 6. The highest BCUT2D eigenvalue weighted by Crippen LogP contribution is 2.33. The van der Waals surface area contributed by atoms with E-state index in [1.165, 1.54) is 22.2 Å². The molecule has 2 aromatic heterocycles. The van der Waals surface area contributed by atoms with Crippen LogP contribution in [0.25, 0.3) is 22.4 Å². The highest BCUT2D eigenvalue weighted by molar-refractivity contribution is 7.90. The Morgan fingerprint density at radius 3 is 2.48 bits per heavy atom. The molecular weight excluding hydrogens is 417 g/mol. The zero-order valence-corrected chi connectivity index (χ0v) is 17.4. The van der Waals surface area contributed by atoms with E-state index < -0.39 is 15.8 Å². The normalized spacial score (nSPS) is 14.8. The van der Waals surface area contributed by atoms with Gasteiger partial charge in [-0.3, -0.25) is 0 Å². The fourth-order valence-corrected chi connectivity index (χ4v) is 5.33. The van der Waals surface area contributed by atoms with Crippen LogP contribution in [0, 0.1) is 5.82 Å². The van der Waals surface area contributed by atoms with Crippen LogP contribution in [0.2, 0.25) is 0 Å². The van der Waals surface area contributed by atoms with Crippen molar-refractivity contribution in [1.82, 2.24) is 19.3 Å². The molecule has 0 radical (unpaired) electrons. The van der Waals surface area contributed by atoms with E-state index >= 15 is 0 Å². The van der Waals surface area contributed by atoms with Crippen molar-refractivity contribution in [2.45, 2.75) is 4.90 Å². The van der Waals surface area contributed by atoms with Gasteiger partial charge in [0.05, 0.1) is 10.4 Å². The molecule has 1 aliphatic rings. The number of pyridine rings is 1. The second-order valence-corrected chi connectivity index (χ2v) is 9.05. The summed E-state index contributed by atoms with van der Waals surface area (Å²) in [7, 11) is -4.12. The lowest BCUT2D eigenvalue weighted by atomic mass is 10.2. The zero-order chi connectivity index (χ0) is 21.4. The largest absolute Gasteiger partial charge is 0.352 e. The van der Waals surface area contributed by atoms with E-state index in [2.05, 4.69) is 15.2 Å². The molecule has 0 aliphatic carbocycles. The Morgan fingerprint density at radius 2 is 1.74 bits per heavy atom. The number of nitrogens with one attached hydrogen (secondary N) is 1. The lowest BCUT2D eigenvalue weighted by molar-refractivity contribution is 0.584. The number of piperazine rings is 1. The quantitative estimate of drug-likeness (QED) is 0.529. The summed E-state index contributed by atoms with van der Waals surface area (Å²) >= 11 is 0. The van der Waals surface area contributed by atoms with E-state index in [9.17, 15) is 12.8 Å². The molecule has 3 heterocycles. The van der Waals surface area contributed by atoms with Crippen molar-refractivity contribution in [2.75, 3.05) is 31.1 Å². The van der Waals surface area contributed by atoms with E-state index in [1.54, 1.807) is 24.4 Å². The molecule has 1 aliphatic heterocycles. The van der Waals surface area contributed by atoms with Crippen LogP contribution in [0.4, 0.5) is 10.2 Å². The predicted molar refractivity (Wildman–Crippen MR) is 117 cm³/mol. The van der Waals surface area contributed by atoms with Crippen LogP contribution >= 0.6 is 0 Å². The molecule has 1 saturated heterocycles. The van der Waals surface area contributed by atoms with Crippen LogP contribution in [0.5, 0.6) is 0 Å². The zero-order valence-electron chi connectivity index (χ0n) is 16.6. The minimum atomic E-state index is -4.12. The van der Waals surface area contributed by atoms with Crippen molar-refractivity contribution in [3.05, 3.63) is 72.7 Å². The van der Waals surface area contributed by atoms with Crippen LogP contribution in [-0.2, 0) is 10.0 Å². The third kappa shape index (κ3) is 3.45. The van der Waals surface area contributed by atoms with E-state index in [1.807, 2.05) is 18.2 Å². The molecule has 0 saturated carbocycles. The van der Waals surface area contributed by atoms with Crippen molar-refractivity contribution >= 4 is 26.9 Å². The van der Waals surface area contributed by atoms with Gasteiger partial charge in [-0.25, -0.2) is 26.7 Å². The Bertz CT molecular complexity index is 1350. The summed E-state index contributed by atoms with van der Waals surface area (Å²) in [5.74, 6) is 0.295. The summed E-state index contributed by atoms with van der Waals surface area (Å²) in [5, 5.41) is 3.30. The first-order valence-electron chi connectivity index (χ1n) is 9.95. The van der Waals surface area contributed by atoms with Gasteiger partial charge in [0, 0.05) is 37.9 Å². The average Bonchev–Trinajstić information content (AvgIpc) is 3.21. The predicted octanol–water partition coefficient (Wildman–Crippen LogP) is 2.88. The van der Waals surface area contributed by atoms with Gasteiger partial charge in [0.1, 0.15) is 11.3 Å².